The Hall–Kier alpha value is -0.770. The number of nitrogens with zero attached hydrogens (tertiary/aromatic N) is 1. The van der Waals surface area contributed by atoms with Crippen LogP contribution in [-0.2, 0) is 0 Å². The minimum Gasteiger partial charge on any atom is -0.394 e. The number of aliphatic hydroxyl groups excluding tert-OH is 1. The molecule has 0 aliphatic heterocycles. The number of nitrogens with two attached hydrogens (primary N) is 1. The number of aliphatic hydroxyl groups is 1. The zero-order chi connectivity index (χ0) is 10.6. The molecule has 82 valence electrons. The number of hydrogen-bond donors (Lipinski definition) is 3. The first-order chi connectivity index (χ1) is 6.61. The Balaban J connectivity index is 2.30. The Morgan fingerprint density at radius 3 is 2.64 bits per heavy atom. The van der Waals surface area contributed by atoms with Crippen molar-refractivity contribution >= 4 is 5.96 Å². The van der Waals surface area contributed by atoms with Crippen molar-refractivity contribution < 1.29 is 5.11 Å². The van der Waals surface area contributed by atoms with Crippen LogP contribution in [-0.4, -0.2) is 29.8 Å². The normalized spacial score (nSPS) is 19.9. The molecular weight excluding hydrogens is 178 g/mol. The van der Waals surface area contributed by atoms with Crippen LogP contribution < -0.4 is 11.1 Å². The van der Waals surface area contributed by atoms with Crippen molar-refractivity contribution in [3.63, 3.8) is 0 Å². The van der Waals surface area contributed by atoms with Crippen molar-refractivity contribution in [1.29, 1.82) is 0 Å². The first kappa shape index (κ1) is 11.3. The minimum atomic E-state index is 0.0394. The van der Waals surface area contributed by atoms with Gasteiger partial charge in [-0.1, -0.05) is 13.8 Å². The lowest BCUT2D eigenvalue weighted by Gasteiger charge is -2.18. The SMILES string of the molecule is CC(C)CC(CO)NC(N)=NC1CC1. The Bertz CT molecular complexity index is 200. The van der Waals surface area contributed by atoms with Gasteiger partial charge in [-0.05, 0) is 25.2 Å². The minimum absolute atomic E-state index is 0.0394. The molecule has 14 heavy (non-hydrogen) atoms. The highest BCUT2D eigenvalue weighted by Gasteiger charge is 2.21. The summed E-state index contributed by atoms with van der Waals surface area (Å²) in [4.78, 5) is 4.26. The molecule has 0 aromatic rings. The van der Waals surface area contributed by atoms with Gasteiger partial charge in [0.1, 0.15) is 0 Å². The third-order valence-corrected chi connectivity index (χ3v) is 2.20. The van der Waals surface area contributed by atoms with Crippen LogP contribution in [0.5, 0.6) is 0 Å². The first-order valence-corrected chi connectivity index (χ1v) is 5.32. The summed E-state index contributed by atoms with van der Waals surface area (Å²) in [5, 5.41) is 12.1. The van der Waals surface area contributed by atoms with Crippen LogP contribution >= 0.6 is 0 Å². The molecule has 0 bridgehead atoms. The van der Waals surface area contributed by atoms with Crippen LogP contribution in [0.1, 0.15) is 33.1 Å². The fourth-order valence-electron chi connectivity index (χ4n) is 1.39. The summed E-state index contributed by atoms with van der Waals surface area (Å²) in [6, 6.07) is 0.471. The molecule has 0 aromatic carbocycles. The largest absolute Gasteiger partial charge is 0.394 e. The molecule has 0 spiro atoms. The van der Waals surface area contributed by atoms with Crippen molar-refractivity contribution in [2.24, 2.45) is 16.6 Å². The summed E-state index contributed by atoms with van der Waals surface area (Å²) in [6.45, 7) is 4.36. The Morgan fingerprint density at radius 2 is 2.21 bits per heavy atom. The lowest BCUT2D eigenvalue weighted by molar-refractivity contribution is 0.238. The second-order valence-electron chi connectivity index (χ2n) is 4.40. The van der Waals surface area contributed by atoms with E-state index in [1.54, 1.807) is 0 Å². The van der Waals surface area contributed by atoms with Gasteiger partial charge in [0, 0.05) is 0 Å². The highest BCUT2D eigenvalue weighted by molar-refractivity contribution is 5.78. The van der Waals surface area contributed by atoms with E-state index in [4.69, 9.17) is 10.8 Å². The summed E-state index contributed by atoms with van der Waals surface area (Å²) in [6.07, 6.45) is 3.21. The standard InChI is InChI=1S/C10H21N3O/c1-7(2)5-9(6-14)13-10(11)12-8-3-4-8/h7-9,14H,3-6H2,1-2H3,(H3,11,12,13). The third kappa shape index (κ3) is 4.46. The molecule has 1 saturated carbocycles. The Morgan fingerprint density at radius 1 is 1.57 bits per heavy atom. The molecule has 1 rings (SSSR count). The van der Waals surface area contributed by atoms with E-state index in [2.05, 4.69) is 24.2 Å². The molecule has 1 fully saturated rings. The summed E-state index contributed by atoms with van der Waals surface area (Å²) in [7, 11) is 0. The molecule has 1 unspecified atom stereocenters. The van der Waals surface area contributed by atoms with Crippen molar-refractivity contribution in [3.05, 3.63) is 0 Å². The number of hydrogen-bond acceptors (Lipinski definition) is 2. The van der Waals surface area contributed by atoms with Crippen molar-refractivity contribution in [2.75, 3.05) is 6.61 Å². The van der Waals surface area contributed by atoms with Gasteiger partial charge in [-0.15, -0.1) is 0 Å². The van der Waals surface area contributed by atoms with Crippen LogP contribution in [0.15, 0.2) is 4.99 Å². The molecule has 1 atom stereocenters. The fraction of sp³-hybridized carbons (Fsp3) is 0.900. The highest BCUT2D eigenvalue weighted by Crippen LogP contribution is 2.22. The first-order valence-electron chi connectivity index (χ1n) is 5.32. The van der Waals surface area contributed by atoms with Crippen LogP contribution in [0.3, 0.4) is 0 Å². The van der Waals surface area contributed by atoms with Crippen molar-refractivity contribution in [2.45, 2.75) is 45.2 Å². The van der Waals surface area contributed by atoms with Crippen molar-refractivity contribution in [3.8, 4) is 0 Å². The number of guanidine groups is 1. The van der Waals surface area contributed by atoms with Crippen LogP contribution in [0, 0.1) is 5.92 Å². The van der Waals surface area contributed by atoms with Gasteiger partial charge in [0.15, 0.2) is 5.96 Å². The Kier molecular flexibility index (Phi) is 4.20. The molecule has 4 nitrogen and oxygen atoms in total. The smallest absolute Gasteiger partial charge is 0.189 e. The molecule has 0 radical (unpaired) electrons. The highest BCUT2D eigenvalue weighted by atomic mass is 16.3. The van der Waals surface area contributed by atoms with Gasteiger partial charge in [-0.25, -0.2) is 0 Å². The van der Waals surface area contributed by atoms with Gasteiger partial charge in [-0.2, -0.15) is 0 Å². The second kappa shape index (κ2) is 5.20. The summed E-state index contributed by atoms with van der Waals surface area (Å²) in [5.41, 5.74) is 5.69. The predicted molar refractivity (Wildman–Crippen MR) is 58.1 cm³/mol. The van der Waals surface area contributed by atoms with Crippen LogP contribution in [0.2, 0.25) is 0 Å². The van der Waals surface area contributed by atoms with Gasteiger partial charge in [0.25, 0.3) is 0 Å². The molecular formula is C10H21N3O. The molecule has 0 amide bonds. The van der Waals surface area contributed by atoms with Crippen molar-refractivity contribution in [1.82, 2.24) is 5.32 Å². The Labute approximate surface area is 85.6 Å². The summed E-state index contributed by atoms with van der Waals surface area (Å²) >= 11 is 0. The topological polar surface area (TPSA) is 70.6 Å². The zero-order valence-electron chi connectivity index (χ0n) is 9.03. The van der Waals surface area contributed by atoms with Gasteiger partial charge in [-0.3, -0.25) is 4.99 Å². The van der Waals surface area contributed by atoms with E-state index in [0.717, 1.165) is 19.3 Å². The van der Waals surface area contributed by atoms with E-state index in [0.29, 0.717) is 17.9 Å². The molecule has 0 heterocycles. The molecule has 0 aromatic heterocycles. The maximum Gasteiger partial charge on any atom is 0.189 e. The van der Waals surface area contributed by atoms with Gasteiger partial charge >= 0.3 is 0 Å². The quantitative estimate of drug-likeness (QED) is 0.445. The van der Waals surface area contributed by atoms with Gasteiger partial charge in [0.2, 0.25) is 0 Å². The predicted octanol–water partition coefficient (Wildman–Crippen LogP) is 0.460. The van der Waals surface area contributed by atoms with E-state index in [1.165, 1.54) is 0 Å². The van der Waals surface area contributed by atoms with Gasteiger partial charge in [0.05, 0.1) is 18.7 Å². The second-order valence-corrected chi connectivity index (χ2v) is 4.40. The summed E-state index contributed by atoms with van der Waals surface area (Å²) < 4.78 is 0. The molecule has 4 heteroatoms. The van der Waals surface area contributed by atoms with E-state index in [1.807, 2.05) is 0 Å². The van der Waals surface area contributed by atoms with Crippen LogP contribution in [0.25, 0.3) is 0 Å². The molecule has 4 N–H and O–H groups in total. The number of nitrogens with one attached hydrogen (secondary N) is 1. The maximum absolute atomic E-state index is 9.10. The molecule has 1 aliphatic carbocycles. The fourth-order valence-corrected chi connectivity index (χ4v) is 1.39. The van der Waals surface area contributed by atoms with Crippen LogP contribution in [0.4, 0.5) is 0 Å². The number of aliphatic imine (C=N–C) groups is 1. The van der Waals surface area contributed by atoms with E-state index >= 15 is 0 Å². The maximum atomic E-state index is 9.10. The average Bonchev–Trinajstić information content (AvgIpc) is 2.86. The summed E-state index contributed by atoms with van der Waals surface area (Å²) in [5.74, 6) is 1.03. The third-order valence-electron chi connectivity index (χ3n) is 2.20. The monoisotopic (exact) mass is 199 g/mol. The molecule has 1 aliphatic rings. The zero-order valence-corrected chi connectivity index (χ0v) is 9.03. The molecule has 0 saturated heterocycles. The van der Waals surface area contributed by atoms with E-state index < -0.39 is 0 Å². The van der Waals surface area contributed by atoms with E-state index in [9.17, 15) is 0 Å². The lowest BCUT2D eigenvalue weighted by Crippen LogP contribution is -2.43. The average molecular weight is 199 g/mol. The van der Waals surface area contributed by atoms with Gasteiger partial charge < -0.3 is 16.2 Å². The lowest BCUT2D eigenvalue weighted by atomic mass is 10.0. The van der Waals surface area contributed by atoms with E-state index in [-0.39, 0.29) is 12.6 Å². The number of rotatable bonds is 5.